The van der Waals surface area contributed by atoms with Crippen molar-refractivity contribution in [2.24, 2.45) is 11.8 Å². The summed E-state index contributed by atoms with van der Waals surface area (Å²) in [5.74, 6) is 0.272. The maximum Gasteiger partial charge on any atom is 0.331 e. The molecule has 11 heteroatoms. The highest BCUT2D eigenvalue weighted by Crippen LogP contribution is 2.38. The van der Waals surface area contributed by atoms with E-state index >= 15 is 0 Å². The molecule has 2 aliphatic carbocycles. The first-order valence-corrected chi connectivity index (χ1v) is 16.5. The summed E-state index contributed by atoms with van der Waals surface area (Å²) in [6, 6.07) is 4.59. The third-order valence-electron chi connectivity index (χ3n) is 9.62. The van der Waals surface area contributed by atoms with E-state index < -0.39 is 21.1 Å². The zero-order valence-corrected chi connectivity index (χ0v) is 24.6. The second-order valence-electron chi connectivity index (χ2n) is 13.0. The third kappa shape index (κ3) is 5.43. The van der Waals surface area contributed by atoms with Gasteiger partial charge in [0.15, 0.2) is 0 Å². The fourth-order valence-electron chi connectivity index (χ4n) is 6.94. The zero-order chi connectivity index (χ0) is 28.1. The lowest BCUT2D eigenvalue weighted by atomic mass is 9.78. The van der Waals surface area contributed by atoms with E-state index in [4.69, 9.17) is 4.74 Å². The van der Waals surface area contributed by atoms with Crippen LogP contribution in [0.2, 0.25) is 0 Å². The lowest BCUT2D eigenvalue weighted by molar-refractivity contribution is -0.0395. The molecule has 1 aromatic carbocycles. The number of nitrogens with zero attached hydrogens (tertiary/aromatic N) is 3. The van der Waals surface area contributed by atoms with Crippen LogP contribution in [0.3, 0.4) is 0 Å². The number of hydrogen-bond donors (Lipinski definition) is 2. The van der Waals surface area contributed by atoms with Gasteiger partial charge >= 0.3 is 5.69 Å². The zero-order valence-electron chi connectivity index (χ0n) is 23.8. The molecule has 1 unspecified atom stereocenters. The standard InChI is InChI=1S/C29H43N5O5S/c1-28(13-14-28)31-40(37,38)23-9-10-25-24(15-23)26(35)34(27(36)33(25)16-21-19-39-20-21)18-22-17-32(2)30-29(22)11-7-5-3-4-6-8-12-29/h9-10,15,21-22,30-31H,3-8,11-14,16-20H2,1-2H3. The predicted octanol–water partition coefficient (Wildman–Crippen LogP) is 2.58. The van der Waals surface area contributed by atoms with Gasteiger partial charge in [0.1, 0.15) is 0 Å². The Hall–Kier alpha value is -2.05. The summed E-state index contributed by atoms with van der Waals surface area (Å²) in [7, 11) is -1.76. The van der Waals surface area contributed by atoms with Gasteiger partial charge in [-0.15, -0.1) is 0 Å². The van der Waals surface area contributed by atoms with Gasteiger partial charge in [-0.2, -0.15) is 0 Å². The fourth-order valence-corrected chi connectivity index (χ4v) is 8.43. The normalized spacial score (nSPS) is 25.4. The smallest absolute Gasteiger partial charge is 0.331 e. The monoisotopic (exact) mass is 573 g/mol. The van der Waals surface area contributed by atoms with E-state index in [2.05, 4.69) is 15.2 Å². The molecule has 2 N–H and O–H groups in total. The molecule has 0 bridgehead atoms. The second-order valence-corrected chi connectivity index (χ2v) is 14.7. The van der Waals surface area contributed by atoms with Crippen LogP contribution in [0.1, 0.15) is 71.1 Å². The van der Waals surface area contributed by atoms with E-state index in [0.29, 0.717) is 31.8 Å². The SMILES string of the molecule is CN1CC(Cn2c(=O)c3cc(S(=O)(=O)NC4(C)CC4)ccc3n(CC3COC3)c2=O)C2(CCCCCCCC2)N1. The van der Waals surface area contributed by atoms with Crippen LogP contribution in [0.25, 0.3) is 10.9 Å². The van der Waals surface area contributed by atoms with Crippen molar-refractivity contribution in [3.8, 4) is 0 Å². The molecule has 2 aromatic rings. The highest BCUT2D eigenvalue weighted by atomic mass is 32.2. The summed E-state index contributed by atoms with van der Waals surface area (Å²) in [5.41, 5.74) is 2.90. The van der Waals surface area contributed by atoms with Gasteiger partial charge in [-0.25, -0.2) is 28.4 Å². The number of aromatic nitrogens is 2. The Balaban J connectivity index is 1.43. The number of hydrogen-bond acceptors (Lipinski definition) is 7. The number of rotatable bonds is 7. The molecule has 2 aliphatic heterocycles. The third-order valence-corrected chi connectivity index (χ3v) is 11.3. The molecule has 40 heavy (non-hydrogen) atoms. The molecular formula is C29H43N5O5S. The van der Waals surface area contributed by atoms with Crippen molar-refractivity contribution < 1.29 is 13.2 Å². The predicted molar refractivity (Wildman–Crippen MR) is 154 cm³/mol. The van der Waals surface area contributed by atoms with E-state index in [0.717, 1.165) is 45.1 Å². The minimum atomic E-state index is -3.80. The van der Waals surface area contributed by atoms with Crippen molar-refractivity contribution >= 4 is 20.9 Å². The molecule has 1 aromatic heterocycles. The summed E-state index contributed by atoms with van der Waals surface area (Å²) in [6.45, 7) is 4.52. The Kier molecular flexibility index (Phi) is 7.48. The molecule has 4 fully saturated rings. The van der Waals surface area contributed by atoms with Crippen molar-refractivity contribution in [2.45, 2.75) is 100 Å². The molecule has 0 radical (unpaired) electrons. The van der Waals surface area contributed by atoms with Gasteiger partial charge in [0.05, 0.1) is 29.0 Å². The molecule has 0 amide bonds. The Morgan fingerprint density at radius 1 is 0.975 bits per heavy atom. The fraction of sp³-hybridized carbons (Fsp3) is 0.724. The number of hydrazine groups is 1. The average Bonchev–Trinajstić information content (AvgIpc) is 3.48. The minimum Gasteiger partial charge on any atom is -0.381 e. The van der Waals surface area contributed by atoms with Crippen molar-refractivity contribution in [2.75, 3.05) is 26.8 Å². The van der Waals surface area contributed by atoms with Crippen molar-refractivity contribution in [3.05, 3.63) is 39.0 Å². The summed E-state index contributed by atoms with van der Waals surface area (Å²) in [4.78, 5) is 28.1. The first-order chi connectivity index (χ1) is 19.1. The molecule has 1 atom stereocenters. The molecule has 1 spiro atoms. The van der Waals surface area contributed by atoms with Crippen LogP contribution >= 0.6 is 0 Å². The van der Waals surface area contributed by atoms with Crippen LogP contribution in [0.15, 0.2) is 32.7 Å². The highest BCUT2D eigenvalue weighted by molar-refractivity contribution is 7.89. The van der Waals surface area contributed by atoms with E-state index in [-0.39, 0.29) is 33.3 Å². The van der Waals surface area contributed by atoms with E-state index in [1.807, 2.05) is 14.0 Å². The molecule has 2 saturated carbocycles. The van der Waals surface area contributed by atoms with E-state index in [1.54, 1.807) is 10.6 Å². The number of fused-ring (bicyclic) bond motifs is 1. The van der Waals surface area contributed by atoms with Gasteiger partial charge in [0.25, 0.3) is 5.56 Å². The van der Waals surface area contributed by atoms with Crippen LogP contribution in [0, 0.1) is 11.8 Å². The first-order valence-electron chi connectivity index (χ1n) is 15.0. The number of sulfonamides is 1. The lowest BCUT2D eigenvalue weighted by Crippen LogP contribution is -2.51. The Morgan fingerprint density at radius 2 is 1.65 bits per heavy atom. The summed E-state index contributed by atoms with van der Waals surface area (Å²) >= 11 is 0. The first kappa shape index (κ1) is 28.1. The minimum absolute atomic E-state index is 0.0592. The van der Waals surface area contributed by atoms with E-state index in [9.17, 15) is 18.0 Å². The average molecular weight is 574 g/mol. The Bertz CT molecular complexity index is 1480. The largest absolute Gasteiger partial charge is 0.381 e. The summed E-state index contributed by atoms with van der Waals surface area (Å²) in [5, 5.41) is 2.39. The van der Waals surface area contributed by atoms with Gasteiger partial charge in [-0.3, -0.25) is 13.9 Å². The number of nitrogens with one attached hydrogen (secondary N) is 2. The molecule has 4 aliphatic rings. The van der Waals surface area contributed by atoms with Gasteiger partial charge in [-0.05, 0) is 50.8 Å². The van der Waals surface area contributed by atoms with Crippen molar-refractivity contribution in [3.63, 3.8) is 0 Å². The molecule has 220 valence electrons. The maximum atomic E-state index is 14.0. The van der Waals surface area contributed by atoms with Crippen molar-refractivity contribution in [1.29, 1.82) is 0 Å². The highest BCUT2D eigenvalue weighted by Gasteiger charge is 2.45. The van der Waals surface area contributed by atoms with Crippen molar-refractivity contribution in [1.82, 2.24) is 24.3 Å². The topological polar surface area (TPSA) is 115 Å². The van der Waals surface area contributed by atoms with Gasteiger partial charge in [-0.1, -0.05) is 38.5 Å². The van der Waals surface area contributed by atoms with Crippen LogP contribution in [0.5, 0.6) is 0 Å². The molecule has 2 saturated heterocycles. The summed E-state index contributed by atoms with van der Waals surface area (Å²) in [6.07, 6.45) is 10.8. The van der Waals surface area contributed by atoms with Crippen LogP contribution in [-0.4, -0.2) is 60.4 Å². The quantitative estimate of drug-likeness (QED) is 0.523. The molecule has 10 nitrogen and oxygen atoms in total. The number of ether oxygens (including phenoxy) is 1. The van der Waals surface area contributed by atoms with Crippen LogP contribution in [0.4, 0.5) is 0 Å². The van der Waals surface area contributed by atoms with Gasteiger partial charge in [0.2, 0.25) is 10.0 Å². The van der Waals surface area contributed by atoms with E-state index in [1.165, 1.54) is 42.4 Å². The second kappa shape index (κ2) is 10.7. The summed E-state index contributed by atoms with van der Waals surface area (Å²) < 4.78 is 37.6. The molecule has 3 heterocycles. The maximum absolute atomic E-state index is 14.0. The van der Waals surface area contributed by atoms with Crippen LogP contribution < -0.4 is 21.4 Å². The van der Waals surface area contributed by atoms with Crippen LogP contribution in [-0.2, 0) is 27.8 Å². The Morgan fingerprint density at radius 3 is 2.27 bits per heavy atom. The molecular weight excluding hydrogens is 530 g/mol. The van der Waals surface area contributed by atoms with Gasteiger partial charge in [0, 0.05) is 49.6 Å². The van der Waals surface area contributed by atoms with Gasteiger partial charge < -0.3 is 4.74 Å². The number of benzene rings is 1. The molecule has 6 rings (SSSR count). The Labute approximate surface area is 236 Å². The lowest BCUT2D eigenvalue weighted by Gasteiger charge is -2.35.